The van der Waals surface area contributed by atoms with E-state index in [2.05, 4.69) is 20.8 Å². The van der Waals surface area contributed by atoms with E-state index in [9.17, 15) is 9.18 Å². The molecule has 7 heteroatoms. The first-order chi connectivity index (χ1) is 10.8. The molecule has 0 aliphatic heterocycles. The molecule has 6 nitrogen and oxygen atoms in total. The number of amides is 2. The Morgan fingerprint density at radius 1 is 1.39 bits per heavy atom. The first kappa shape index (κ1) is 16.9. The lowest BCUT2D eigenvalue weighted by Gasteiger charge is -2.26. The lowest BCUT2D eigenvalue weighted by molar-refractivity contribution is 0.234. The molecule has 0 fully saturated rings. The second kappa shape index (κ2) is 6.76. The number of hydrogen-bond donors (Lipinski definition) is 2. The van der Waals surface area contributed by atoms with Crippen molar-refractivity contribution in [3.05, 3.63) is 47.8 Å². The number of hydrogen-bond acceptors (Lipinski definition) is 3. The van der Waals surface area contributed by atoms with Crippen molar-refractivity contribution >= 4 is 6.03 Å². The zero-order valence-corrected chi connectivity index (χ0v) is 13.8. The topological polar surface area (TPSA) is 71.8 Å². The van der Waals surface area contributed by atoms with Crippen molar-refractivity contribution in [2.75, 3.05) is 6.54 Å². The van der Waals surface area contributed by atoms with Gasteiger partial charge in [-0.15, -0.1) is 10.2 Å². The first-order valence-corrected chi connectivity index (χ1v) is 7.44. The van der Waals surface area contributed by atoms with E-state index in [4.69, 9.17) is 0 Å². The molecule has 1 aromatic carbocycles. The largest absolute Gasteiger partial charge is 0.337 e. The van der Waals surface area contributed by atoms with Crippen molar-refractivity contribution in [2.45, 2.75) is 32.2 Å². The van der Waals surface area contributed by atoms with Crippen molar-refractivity contribution in [1.82, 2.24) is 25.4 Å². The molecule has 1 aromatic heterocycles. The van der Waals surface area contributed by atoms with Gasteiger partial charge in [0.1, 0.15) is 12.1 Å². The van der Waals surface area contributed by atoms with E-state index in [0.717, 1.165) is 0 Å². The number of aromatic nitrogens is 3. The Kier molecular flexibility index (Phi) is 4.98. The molecule has 0 spiro atoms. The molecule has 0 saturated carbocycles. The SMILES string of the molecule is CC(NC(=O)NCC(C)(C)c1ccccc1F)c1nncn1C. The summed E-state index contributed by atoms with van der Waals surface area (Å²) in [7, 11) is 1.81. The Labute approximate surface area is 135 Å². The van der Waals surface area contributed by atoms with E-state index in [1.807, 2.05) is 27.8 Å². The quantitative estimate of drug-likeness (QED) is 0.888. The molecule has 1 atom stereocenters. The average molecular weight is 319 g/mol. The Hall–Kier alpha value is -2.44. The number of halogens is 1. The number of nitrogens with one attached hydrogen (secondary N) is 2. The van der Waals surface area contributed by atoms with E-state index < -0.39 is 5.41 Å². The van der Waals surface area contributed by atoms with Crippen molar-refractivity contribution in [3.63, 3.8) is 0 Å². The third-order valence-corrected chi connectivity index (χ3v) is 3.78. The highest BCUT2D eigenvalue weighted by molar-refractivity contribution is 5.74. The minimum Gasteiger partial charge on any atom is -0.337 e. The minimum atomic E-state index is -0.517. The van der Waals surface area contributed by atoms with Crippen molar-refractivity contribution in [1.29, 1.82) is 0 Å². The van der Waals surface area contributed by atoms with Gasteiger partial charge < -0.3 is 15.2 Å². The van der Waals surface area contributed by atoms with Gasteiger partial charge in [-0.2, -0.15) is 0 Å². The van der Waals surface area contributed by atoms with Crippen LogP contribution in [0.4, 0.5) is 9.18 Å². The summed E-state index contributed by atoms with van der Waals surface area (Å²) >= 11 is 0. The maximum atomic E-state index is 13.9. The maximum Gasteiger partial charge on any atom is 0.315 e. The predicted molar refractivity (Wildman–Crippen MR) is 85.4 cm³/mol. The molecule has 0 radical (unpaired) electrons. The third-order valence-electron chi connectivity index (χ3n) is 3.78. The van der Waals surface area contributed by atoms with Crippen molar-refractivity contribution < 1.29 is 9.18 Å². The van der Waals surface area contributed by atoms with E-state index >= 15 is 0 Å². The van der Waals surface area contributed by atoms with Gasteiger partial charge in [0.2, 0.25) is 0 Å². The third kappa shape index (κ3) is 4.06. The monoisotopic (exact) mass is 319 g/mol. The number of carbonyl (C=O) groups excluding carboxylic acids is 1. The van der Waals surface area contributed by atoms with Crippen LogP contribution in [0.15, 0.2) is 30.6 Å². The van der Waals surface area contributed by atoms with Gasteiger partial charge in [-0.3, -0.25) is 0 Å². The average Bonchev–Trinajstić information content (AvgIpc) is 2.92. The molecule has 0 saturated heterocycles. The van der Waals surface area contributed by atoms with E-state index in [1.54, 1.807) is 29.1 Å². The number of benzene rings is 1. The van der Waals surface area contributed by atoms with Crippen LogP contribution in [-0.2, 0) is 12.5 Å². The molecular formula is C16H22FN5O. The molecule has 2 N–H and O–H groups in total. The highest BCUT2D eigenvalue weighted by Gasteiger charge is 2.25. The highest BCUT2D eigenvalue weighted by atomic mass is 19.1. The van der Waals surface area contributed by atoms with Crippen LogP contribution in [0.2, 0.25) is 0 Å². The van der Waals surface area contributed by atoms with Gasteiger partial charge in [-0.05, 0) is 18.6 Å². The van der Waals surface area contributed by atoms with Gasteiger partial charge in [-0.1, -0.05) is 32.0 Å². The molecule has 0 aliphatic rings. The minimum absolute atomic E-state index is 0.271. The predicted octanol–water partition coefficient (Wildman–Crippen LogP) is 2.29. The Balaban J connectivity index is 1.94. The summed E-state index contributed by atoms with van der Waals surface area (Å²) in [6, 6.07) is 5.99. The van der Waals surface area contributed by atoms with Crippen molar-refractivity contribution in [3.8, 4) is 0 Å². The van der Waals surface area contributed by atoms with Gasteiger partial charge in [0, 0.05) is 19.0 Å². The maximum absolute atomic E-state index is 13.9. The van der Waals surface area contributed by atoms with E-state index in [1.165, 1.54) is 6.07 Å². The molecule has 1 heterocycles. The summed E-state index contributed by atoms with van der Waals surface area (Å²) in [6.07, 6.45) is 1.58. The van der Waals surface area contributed by atoms with Gasteiger partial charge in [0.25, 0.3) is 0 Å². The van der Waals surface area contributed by atoms with Gasteiger partial charge in [0.15, 0.2) is 5.82 Å². The van der Waals surface area contributed by atoms with Crippen LogP contribution in [0.3, 0.4) is 0 Å². The van der Waals surface area contributed by atoms with Crippen LogP contribution in [0.1, 0.15) is 38.2 Å². The van der Waals surface area contributed by atoms with Crippen LogP contribution in [0.5, 0.6) is 0 Å². The molecular weight excluding hydrogens is 297 g/mol. The molecule has 2 aromatic rings. The standard InChI is InChI=1S/C16H22FN5O/c1-11(14-21-19-10-22(14)4)20-15(23)18-9-16(2,3)12-7-5-6-8-13(12)17/h5-8,10-11H,9H2,1-4H3,(H2,18,20,23). The lowest BCUT2D eigenvalue weighted by atomic mass is 9.84. The summed E-state index contributed by atoms with van der Waals surface area (Å²) in [5.41, 5.74) is 0.0538. The van der Waals surface area contributed by atoms with Crippen LogP contribution in [0, 0.1) is 5.82 Å². The summed E-state index contributed by atoms with van der Waals surface area (Å²) in [4.78, 5) is 12.0. The van der Waals surface area contributed by atoms with Gasteiger partial charge >= 0.3 is 6.03 Å². The fourth-order valence-electron chi connectivity index (χ4n) is 2.40. The van der Waals surface area contributed by atoms with Crippen LogP contribution in [-0.4, -0.2) is 27.3 Å². The Morgan fingerprint density at radius 2 is 2.09 bits per heavy atom. The molecule has 2 rings (SSSR count). The first-order valence-electron chi connectivity index (χ1n) is 7.44. The summed E-state index contributed by atoms with van der Waals surface area (Å²) in [5, 5.41) is 13.3. The Morgan fingerprint density at radius 3 is 2.70 bits per heavy atom. The smallest absolute Gasteiger partial charge is 0.315 e. The molecule has 2 amide bonds. The number of rotatable bonds is 5. The molecule has 0 bridgehead atoms. The molecule has 1 unspecified atom stereocenters. The zero-order valence-electron chi connectivity index (χ0n) is 13.8. The van der Waals surface area contributed by atoms with Gasteiger partial charge in [-0.25, -0.2) is 9.18 Å². The molecule has 0 aliphatic carbocycles. The second-order valence-corrected chi connectivity index (χ2v) is 6.21. The molecule has 124 valence electrons. The number of carbonyl (C=O) groups is 1. The second-order valence-electron chi connectivity index (χ2n) is 6.21. The van der Waals surface area contributed by atoms with E-state index in [-0.39, 0.29) is 17.9 Å². The fraction of sp³-hybridized carbons (Fsp3) is 0.438. The lowest BCUT2D eigenvalue weighted by Crippen LogP contribution is -2.43. The fourth-order valence-corrected chi connectivity index (χ4v) is 2.40. The summed E-state index contributed by atoms with van der Waals surface area (Å²) in [6.45, 7) is 5.91. The van der Waals surface area contributed by atoms with Crippen LogP contribution < -0.4 is 10.6 Å². The van der Waals surface area contributed by atoms with Crippen LogP contribution >= 0.6 is 0 Å². The molecule has 23 heavy (non-hydrogen) atoms. The summed E-state index contributed by atoms with van der Waals surface area (Å²) < 4.78 is 15.6. The highest BCUT2D eigenvalue weighted by Crippen LogP contribution is 2.24. The normalized spacial score (nSPS) is 12.7. The van der Waals surface area contributed by atoms with Crippen LogP contribution in [0.25, 0.3) is 0 Å². The van der Waals surface area contributed by atoms with E-state index in [0.29, 0.717) is 17.9 Å². The number of urea groups is 1. The summed E-state index contributed by atoms with van der Waals surface area (Å²) in [5.74, 6) is 0.390. The van der Waals surface area contributed by atoms with Crippen molar-refractivity contribution in [2.24, 2.45) is 7.05 Å². The van der Waals surface area contributed by atoms with Gasteiger partial charge in [0.05, 0.1) is 6.04 Å². The zero-order chi connectivity index (χ0) is 17.0. The Bertz CT molecular complexity index is 683. The number of nitrogens with zero attached hydrogens (tertiary/aromatic N) is 3. The number of aryl methyl sites for hydroxylation is 1.